The van der Waals surface area contributed by atoms with Gasteiger partial charge in [-0.05, 0) is 50.5 Å². The second kappa shape index (κ2) is 10.5. The van der Waals surface area contributed by atoms with Crippen LogP contribution in [0.1, 0.15) is 26.2 Å². The molecule has 0 aromatic heterocycles. The number of nitrogens with one attached hydrogen (secondary N) is 1. The summed E-state index contributed by atoms with van der Waals surface area (Å²) in [5.41, 5.74) is 0.695. The van der Waals surface area contributed by atoms with Crippen LogP contribution in [0, 0.1) is 0 Å². The highest BCUT2D eigenvalue weighted by Crippen LogP contribution is 2.24. The Bertz CT molecular complexity index is 912. The number of rotatable bonds is 5. The number of piperazine rings is 1. The van der Waals surface area contributed by atoms with Gasteiger partial charge < -0.3 is 19.9 Å². The molecule has 7 nitrogen and oxygen atoms in total. The van der Waals surface area contributed by atoms with Crippen molar-refractivity contribution in [2.45, 2.75) is 32.2 Å². The van der Waals surface area contributed by atoms with E-state index in [1.54, 1.807) is 4.90 Å². The molecule has 170 valence electrons. The van der Waals surface area contributed by atoms with Crippen molar-refractivity contribution in [1.82, 2.24) is 14.7 Å². The minimum atomic E-state index is -0.127. The van der Waals surface area contributed by atoms with Crippen LogP contribution in [0.5, 0.6) is 11.5 Å². The number of carbonyl (C=O) groups excluding carboxylic acids is 2. The first kappa shape index (κ1) is 22.1. The first-order valence-electron chi connectivity index (χ1n) is 11.5. The fraction of sp³-hybridized carbons (Fsp3) is 0.440. The van der Waals surface area contributed by atoms with Gasteiger partial charge in [0.1, 0.15) is 11.5 Å². The topological polar surface area (TPSA) is 65.1 Å². The quantitative estimate of drug-likeness (QED) is 0.769. The molecule has 3 amide bonds. The number of anilines is 1. The standard InChI is InChI=1S/C25H32N4O3/c1-20-8-5-6-13-29(20)24(30)19-27-14-16-28(17-15-27)25(31)26-21-9-7-12-23(18-21)32-22-10-3-2-4-11-22/h2-4,7,9-12,18,20H,5-6,8,13-17,19H2,1H3,(H,26,31). The maximum atomic E-state index is 12.7. The van der Waals surface area contributed by atoms with E-state index < -0.39 is 0 Å². The smallest absolute Gasteiger partial charge is 0.321 e. The molecule has 0 aliphatic carbocycles. The summed E-state index contributed by atoms with van der Waals surface area (Å²) in [6.45, 7) is 6.08. The van der Waals surface area contributed by atoms with E-state index in [2.05, 4.69) is 17.1 Å². The molecule has 0 bridgehead atoms. The van der Waals surface area contributed by atoms with E-state index in [9.17, 15) is 9.59 Å². The fourth-order valence-electron chi connectivity index (χ4n) is 4.32. The molecule has 32 heavy (non-hydrogen) atoms. The maximum absolute atomic E-state index is 12.7. The van der Waals surface area contributed by atoms with Crippen LogP contribution in [0.3, 0.4) is 0 Å². The summed E-state index contributed by atoms with van der Waals surface area (Å²) in [4.78, 5) is 31.4. The summed E-state index contributed by atoms with van der Waals surface area (Å²) in [7, 11) is 0. The molecule has 2 heterocycles. The van der Waals surface area contributed by atoms with Crippen LogP contribution in [-0.2, 0) is 4.79 Å². The summed E-state index contributed by atoms with van der Waals surface area (Å²) < 4.78 is 5.85. The molecule has 0 saturated carbocycles. The number of carbonyl (C=O) groups is 2. The zero-order valence-corrected chi connectivity index (χ0v) is 18.7. The van der Waals surface area contributed by atoms with Gasteiger partial charge in [-0.3, -0.25) is 9.69 Å². The van der Waals surface area contributed by atoms with Gasteiger partial charge in [-0.1, -0.05) is 24.3 Å². The molecular formula is C25H32N4O3. The van der Waals surface area contributed by atoms with E-state index in [0.29, 0.717) is 50.2 Å². The van der Waals surface area contributed by atoms with Crippen LogP contribution >= 0.6 is 0 Å². The van der Waals surface area contributed by atoms with Crippen molar-refractivity contribution < 1.29 is 14.3 Å². The molecule has 1 atom stereocenters. The van der Waals surface area contributed by atoms with Gasteiger partial charge in [0.05, 0.1) is 6.54 Å². The van der Waals surface area contributed by atoms with E-state index in [-0.39, 0.29) is 11.9 Å². The largest absolute Gasteiger partial charge is 0.457 e. The Morgan fingerprint density at radius 2 is 1.69 bits per heavy atom. The minimum absolute atomic E-state index is 0.127. The third kappa shape index (κ3) is 5.79. The lowest BCUT2D eigenvalue weighted by Gasteiger charge is -2.38. The van der Waals surface area contributed by atoms with E-state index in [1.165, 1.54) is 6.42 Å². The molecule has 2 fully saturated rings. The van der Waals surface area contributed by atoms with Gasteiger partial charge in [0.2, 0.25) is 5.91 Å². The first-order valence-corrected chi connectivity index (χ1v) is 11.5. The Morgan fingerprint density at radius 3 is 2.44 bits per heavy atom. The lowest BCUT2D eigenvalue weighted by atomic mass is 10.0. The fourth-order valence-corrected chi connectivity index (χ4v) is 4.32. The van der Waals surface area contributed by atoms with E-state index >= 15 is 0 Å². The van der Waals surface area contributed by atoms with Crippen molar-refractivity contribution in [3.05, 3.63) is 54.6 Å². The highest BCUT2D eigenvalue weighted by atomic mass is 16.5. The van der Waals surface area contributed by atoms with E-state index in [4.69, 9.17) is 4.74 Å². The molecule has 4 rings (SSSR count). The molecule has 2 aromatic carbocycles. The van der Waals surface area contributed by atoms with Crippen LogP contribution in [0.25, 0.3) is 0 Å². The molecule has 7 heteroatoms. The third-order valence-corrected chi connectivity index (χ3v) is 6.21. The summed E-state index contributed by atoms with van der Waals surface area (Å²) >= 11 is 0. The molecule has 2 aliphatic heterocycles. The van der Waals surface area contributed by atoms with Crippen molar-refractivity contribution in [2.75, 3.05) is 44.6 Å². The summed E-state index contributed by atoms with van der Waals surface area (Å²) in [6.07, 6.45) is 3.40. The number of para-hydroxylation sites is 1. The maximum Gasteiger partial charge on any atom is 0.321 e. The van der Waals surface area contributed by atoms with Crippen molar-refractivity contribution in [1.29, 1.82) is 0 Å². The number of amides is 3. The van der Waals surface area contributed by atoms with Gasteiger partial charge in [-0.2, -0.15) is 0 Å². The number of urea groups is 1. The highest BCUT2D eigenvalue weighted by Gasteiger charge is 2.27. The molecule has 2 aromatic rings. The Hall–Kier alpha value is -3.06. The summed E-state index contributed by atoms with van der Waals surface area (Å²) in [5.74, 6) is 1.63. The molecule has 1 unspecified atom stereocenters. The van der Waals surface area contributed by atoms with Crippen molar-refractivity contribution in [3.8, 4) is 11.5 Å². The molecular weight excluding hydrogens is 404 g/mol. The van der Waals surface area contributed by atoms with Crippen LogP contribution in [0.15, 0.2) is 54.6 Å². The molecule has 0 spiro atoms. The van der Waals surface area contributed by atoms with Gasteiger partial charge in [0.25, 0.3) is 0 Å². The van der Waals surface area contributed by atoms with Crippen LogP contribution in [0.4, 0.5) is 10.5 Å². The van der Waals surface area contributed by atoms with Crippen LogP contribution in [0.2, 0.25) is 0 Å². The number of likely N-dealkylation sites (tertiary alicyclic amines) is 1. The molecule has 0 radical (unpaired) electrons. The van der Waals surface area contributed by atoms with Gasteiger partial charge in [0.15, 0.2) is 0 Å². The Labute approximate surface area is 189 Å². The monoisotopic (exact) mass is 436 g/mol. The SMILES string of the molecule is CC1CCCCN1C(=O)CN1CCN(C(=O)Nc2cccc(Oc3ccccc3)c2)CC1. The Balaban J connectivity index is 1.25. The third-order valence-electron chi connectivity index (χ3n) is 6.21. The predicted octanol–water partition coefficient (Wildman–Crippen LogP) is 4.03. The van der Waals surface area contributed by atoms with Gasteiger partial charge in [-0.25, -0.2) is 4.79 Å². The first-order chi connectivity index (χ1) is 15.6. The predicted molar refractivity (Wildman–Crippen MR) is 125 cm³/mol. The number of ether oxygens (including phenoxy) is 1. The van der Waals surface area contributed by atoms with Crippen molar-refractivity contribution in [2.24, 2.45) is 0 Å². The highest BCUT2D eigenvalue weighted by molar-refractivity contribution is 5.89. The number of benzene rings is 2. The van der Waals surface area contributed by atoms with Crippen molar-refractivity contribution >= 4 is 17.6 Å². The number of piperidine rings is 1. The zero-order chi connectivity index (χ0) is 22.3. The van der Waals surface area contributed by atoms with Gasteiger partial charge >= 0.3 is 6.03 Å². The second-order valence-electron chi connectivity index (χ2n) is 8.57. The molecule has 1 N–H and O–H groups in total. The number of hydrogen-bond acceptors (Lipinski definition) is 4. The summed E-state index contributed by atoms with van der Waals surface area (Å²) in [5, 5.41) is 2.96. The lowest BCUT2D eigenvalue weighted by molar-refractivity contribution is -0.136. The normalized spacial score (nSPS) is 19.5. The minimum Gasteiger partial charge on any atom is -0.457 e. The molecule has 2 aliphatic rings. The Morgan fingerprint density at radius 1 is 0.938 bits per heavy atom. The van der Waals surface area contributed by atoms with Gasteiger partial charge in [0, 0.05) is 50.5 Å². The average molecular weight is 437 g/mol. The Kier molecular flexibility index (Phi) is 7.27. The van der Waals surface area contributed by atoms with Gasteiger partial charge in [-0.15, -0.1) is 0 Å². The number of hydrogen-bond donors (Lipinski definition) is 1. The van der Waals surface area contributed by atoms with Crippen LogP contribution < -0.4 is 10.1 Å². The average Bonchev–Trinajstić information content (AvgIpc) is 2.81. The zero-order valence-electron chi connectivity index (χ0n) is 18.7. The van der Waals surface area contributed by atoms with Crippen molar-refractivity contribution in [3.63, 3.8) is 0 Å². The van der Waals surface area contributed by atoms with Crippen LogP contribution in [-0.4, -0.2) is 71.9 Å². The van der Waals surface area contributed by atoms with E-state index in [0.717, 1.165) is 25.1 Å². The number of nitrogens with zero attached hydrogens (tertiary/aromatic N) is 3. The van der Waals surface area contributed by atoms with E-state index in [1.807, 2.05) is 59.5 Å². The molecule has 2 saturated heterocycles. The second-order valence-corrected chi connectivity index (χ2v) is 8.57. The summed E-state index contributed by atoms with van der Waals surface area (Å²) in [6, 6.07) is 17.2. The lowest BCUT2D eigenvalue weighted by Crippen LogP contribution is -2.53.